The predicted molar refractivity (Wildman–Crippen MR) is 113 cm³/mol. The Balaban J connectivity index is 2.56. The maximum atomic E-state index is 12.5. The predicted octanol–water partition coefficient (Wildman–Crippen LogP) is 3.17. The lowest BCUT2D eigenvalue weighted by Crippen LogP contribution is -2.28. The number of allylic oxidation sites excluding steroid dienone is 2. The Labute approximate surface area is 175 Å². The van der Waals surface area contributed by atoms with Gasteiger partial charge in [-0.2, -0.15) is 0 Å². The van der Waals surface area contributed by atoms with Gasteiger partial charge in [0.2, 0.25) is 5.91 Å². The Hall–Kier alpha value is -3.55. The normalized spacial score (nSPS) is 13.6. The van der Waals surface area contributed by atoms with Crippen LogP contribution in [0.1, 0.15) is 20.8 Å². The number of ether oxygens (including phenoxy) is 3. The number of esters is 2. The fourth-order valence-electron chi connectivity index (χ4n) is 2.61. The number of rotatable bonds is 5. The van der Waals surface area contributed by atoms with Crippen molar-refractivity contribution in [3.05, 3.63) is 53.9 Å². The van der Waals surface area contributed by atoms with E-state index in [9.17, 15) is 14.4 Å². The van der Waals surface area contributed by atoms with E-state index in [1.54, 1.807) is 57.3 Å². The average Bonchev–Trinajstić information content (AvgIpc) is 2.95. The number of hydrogen-bond acceptors (Lipinski definition) is 7. The molecule has 1 aromatic rings. The smallest absolute Gasteiger partial charge is 0.355 e. The molecule has 8 nitrogen and oxygen atoms in total. The zero-order valence-corrected chi connectivity index (χ0v) is 17.9. The van der Waals surface area contributed by atoms with E-state index < -0.39 is 17.4 Å². The second kappa shape index (κ2) is 9.30. The van der Waals surface area contributed by atoms with Crippen molar-refractivity contribution in [1.29, 1.82) is 0 Å². The Morgan fingerprint density at radius 1 is 0.967 bits per heavy atom. The van der Waals surface area contributed by atoms with Gasteiger partial charge in [0.15, 0.2) is 0 Å². The molecule has 1 heterocycles. The van der Waals surface area contributed by atoms with Crippen molar-refractivity contribution in [3.63, 3.8) is 0 Å². The number of benzene rings is 1. The van der Waals surface area contributed by atoms with Gasteiger partial charge in [-0.1, -0.05) is 26.8 Å². The quantitative estimate of drug-likeness (QED) is 0.740. The lowest BCUT2D eigenvalue weighted by Gasteiger charge is -2.24. The van der Waals surface area contributed by atoms with Crippen LogP contribution in [-0.2, 0) is 23.9 Å². The second-order valence-electron chi connectivity index (χ2n) is 7.40. The summed E-state index contributed by atoms with van der Waals surface area (Å²) in [5, 5.41) is 2.83. The number of carbonyl (C=O) groups is 3. The fraction of sp³-hybridized carbons (Fsp3) is 0.318. The number of methoxy groups -OCH3 is 3. The number of hydrogen-bond donors (Lipinski definition) is 1. The highest BCUT2D eigenvalue weighted by Crippen LogP contribution is 2.34. The van der Waals surface area contributed by atoms with Crippen molar-refractivity contribution in [2.75, 3.05) is 31.5 Å². The standard InChI is InChI=1S/C22H26N2O6/c1-22(2,3)21(27)23-16-11-10-14(13-17(16)28-4)24-12-8-7-9-15(19(25)29-5)18(24)20(26)30-6/h7-13H,1-6H3,(H,23,27). The molecule has 0 saturated heterocycles. The van der Waals surface area contributed by atoms with E-state index in [0.29, 0.717) is 17.1 Å². The van der Waals surface area contributed by atoms with E-state index in [2.05, 4.69) is 5.32 Å². The Morgan fingerprint density at radius 2 is 1.63 bits per heavy atom. The van der Waals surface area contributed by atoms with E-state index in [1.807, 2.05) is 0 Å². The molecule has 0 aromatic heterocycles. The largest absolute Gasteiger partial charge is 0.494 e. The zero-order chi connectivity index (χ0) is 22.5. The number of carbonyl (C=O) groups excluding carboxylic acids is 3. The molecule has 2 rings (SSSR count). The average molecular weight is 414 g/mol. The minimum Gasteiger partial charge on any atom is -0.494 e. The molecule has 8 heteroatoms. The molecule has 0 atom stereocenters. The van der Waals surface area contributed by atoms with Gasteiger partial charge >= 0.3 is 11.9 Å². The van der Waals surface area contributed by atoms with E-state index in [4.69, 9.17) is 14.2 Å². The summed E-state index contributed by atoms with van der Waals surface area (Å²) < 4.78 is 15.1. The van der Waals surface area contributed by atoms with Gasteiger partial charge in [-0.25, -0.2) is 9.59 Å². The fourth-order valence-corrected chi connectivity index (χ4v) is 2.61. The molecule has 0 fully saturated rings. The molecule has 0 spiro atoms. The van der Waals surface area contributed by atoms with Crippen LogP contribution < -0.4 is 15.0 Å². The van der Waals surface area contributed by atoms with Gasteiger partial charge in [0.1, 0.15) is 11.4 Å². The molecule has 1 aromatic carbocycles. The summed E-state index contributed by atoms with van der Waals surface area (Å²) in [4.78, 5) is 38.6. The molecule has 1 aliphatic heterocycles. The third kappa shape index (κ3) is 4.89. The first kappa shape index (κ1) is 22.7. The first-order valence-corrected chi connectivity index (χ1v) is 9.18. The van der Waals surface area contributed by atoms with Crippen LogP contribution in [0.4, 0.5) is 11.4 Å². The molecule has 0 unspecified atom stereocenters. The third-order valence-electron chi connectivity index (χ3n) is 4.28. The lowest BCUT2D eigenvalue weighted by atomic mass is 9.95. The Bertz CT molecular complexity index is 937. The summed E-state index contributed by atoms with van der Waals surface area (Å²) in [6, 6.07) is 5.00. The molecule has 0 bridgehead atoms. The van der Waals surface area contributed by atoms with Crippen LogP contribution in [0, 0.1) is 5.41 Å². The lowest BCUT2D eigenvalue weighted by molar-refractivity contribution is -0.139. The molecule has 1 amide bonds. The van der Waals surface area contributed by atoms with Crippen molar-refractivity contribution in [3.8, 4) is 5.75 Å². The van der Waals surface area contributed by atoms with Crippen molar-refractivity contribution in [2.24, 2.45) is 5.41 Å². The maximum absolute atomic E-state index is 12.5. The molecule has 1 aliphatic rings. The highest BCUT2D eigenvalue weighted by atomic mass is 16.5. The van der Waals surface area contributed by atoms with E-state index in [1.165, 1.54) is 32.3 Å². The van der Waals surface area contributed by atoms with Gasteiger partial charge in [0.25, 0.3) is 0 Å². The van der Waals surface area contributed by atoms with Crippen LogP contribution in [0.5, 0.6) is 5.75 Å². The molecular weight excluding hydrogens is 388 g/mol. The van der Waals surface area contributed by atoms with Gasteiger partial charge in [-0.3, -0.25) is 4.79 Å². The first-order valence-electron chi connectivity index (χ1n) is 9.18. The van der Waals surface area contributed by atoms with Crippen LogP contribution in [0.25, 0.3) is 0 Å². The van der Waals surface area contributed by atoms with Crippen molar-refractivity contribution in [2.45, 2.75) is 20.8 Å². The number of anilines is 2. The first-order chi connectivity index (χ1) is 14.1. The minimum absolute atomic E-state index is 0.0112. The molecule has 160 valence electrons. The second-order valence-corrected chi connectivity index (χ2v) is 7.40. The molecule has 1 N–H and O–H groups in total. The van der Waals surface area contributed by atoms with Crippen LogP contribution in [-0.4, -0.2) is 39.2 Å². The SMILES string of the molecule is COC(=O)C1=C(C(=O)OC)N(c2ccc(NC(=O)C(C)(C)C)c(OC)c2)C=CC=C1. The summed E-state index contributed by atoms with van der Waals surface area (Å²) in [6.45, 7) is 5.42. The highest BCUT2D eigenvalue weighted by molar-refractivity contribution is 6.05. The third-order valence-corrected chi connectivity index (χ3v) is 4.28. The summed E-state index contributed by atoms with van der Waals surface area (Å²) in [5.41, 5.74) is 0.442. The molecule has 0 radical (unpaired) electrons. The minimum atomic E-state index is -0.712. The Morgan fingerprint density at radius 3 is 2.20 bits per heavy atom. The van der Waals surface area contributed by atoms with Gasteiger partial charge < -0.3 is 24.4 Å². The molecule has 30 heavy (non-hydrogen) atoms. The van der Waals surface area contributed by atoms with Crippen LogP contribution in [0.3, 0.4) is 0 Å². The van der Waals surface area contributed by atoms with Gasteiger partial charge in [-0.05, 0) is 24.3 Å². The number of nitrogens with one attached hydrogen (secondary N) is 1. The summed E-state index contributed by atoms with van der Waals surface area (Å²) in [6.07, 6.45) is 6.37. The number of amides is 1. The zero-order valence-electron chi connectivity index (χ0n) is 17.9. The summed E-state index contributed by atoms with van der Waals surface area (Å²) in [5.74, 6) is -1.17. The monoisotopic (exact) mass is 414 g/mol. The van der Waals surface area contributed by atoms with E-state index >= 15 is 0 Å². The van der Waals surface area contributed by atoms with Crippen molar-refractivity contribution in [1.82, 2.24) is 0 Å². The molecular formula is C22H26N2O6. The maximum Gasteiger partial charge on any atom is 0.355 e. The molecule has 0 aliphatic carbocycles. The summed E-state index contributed by atoms with van der Waals surface area (Å²) in [7, 11) is 3.94. The van der Waals surface area contributed by atoms with Gasteiger partial charge in [-0.15, -0.1) is 0 Å². The van der Waals surface area contributed by atoms with Crippen LogP contribution in [0.2, 0.25) is 0 Å². The Kier molecular flexibility index (Phi) is 7.05. The van der Waals surface area contributed by atoms with E-state index in [-0.39, 0.29) is 17.2 Å². The highest BCUT2D eigenvalue weighted by Gasteiger charge is 2.28. The molecule has 0 saturated carbocycles. The van der Waals surface area contributed by atoms with Crippen molar-refractivity contribution >= 4 is 29.2 Å². The van der Waals surface area contributed by atoms with Gasteiger partial charge in [0, 0.05) is 23.4 Å². The van der Waals surface area contributed by atoms with Crippen molar-refractivity contribution < 1.29 is 28.6 Å². The van der Waals surface area contributed by atoms with Crippen LogP contribution in [0.15, 0.2) is 53.9 Å². The van der Waals surface area contributed by atoms with Gasteiger partial charge in [0.05, 0.1) is 32.6 Å². The summed E-state index contributed by atoms with van der Waals surface area (Å²) >= 11 is 0. The topological polar surface area (TPSA) is 94.2 Å². The number of nitrogens with zero attached hydrogens (tertiary/aromatic N) is 1. The van der Waals surface area contributed by atoms with Crippen LogP contribution >= 0.6 is 0 Å². The van der Waals surface area contributed by atoms with E-state index in [0.717, 1.165) is 0 Å².